The first-order valence-corrected chi connectivity index (χ1v) is 7.17. The van der Waals surface area contributed by atoms with Gasteiger partial charge in [-0.2, -0.15) is 0 Å². The second-order valence-corrected chi connectivity index (χ2v) is 5.47. The van der Waals surface area contributed by atoms with Gasteiger partial charge in [0.2, 0.25) is 0 Å². The van der Waals surface area contributed by atoms with Crippen LogP contribution >= 0.6 is 0 Å². The van der Waals surface area contributed by atoms with Gasteiger partial charge in [0, 0.05) is 13.1 Å². The number of likely N-dealkylation sites (N-methyl/N-ethyl adjacent to an activating group) is 1. The highest BCUT2D eigenvalue weighted by Crippen LogP contribution is 2.09. The molecule has 0 aromatic heterocycles. The van der Waals surface area contributed by atoms with E-state index < -0.39 is 0 Å². The summed E-state index contributed by atoms with van der Waals surface area (Å²) in [6.45, 7) is 10.3. The SMILES string of the molecule is CCCN(CCCC(C)CCN)CCN(C)C. The van der Waals surface area contributed by atoms with Crippen LogP contribution < -0.4 is 5.73 Å². The van der Waals surface area contributed by atoms with E-state index in [0.717, 1.165) is 12.5 Å². The quantitative estimate of drug-likeness (QED) is 0.603. The van der Waals surface area contributed by atoms with Crippen LogP contribution in [-0.4, -0.2) is 56.6 Å². The zero-order valence-electron chi connectivity index (χ0n) is 12.4. The van der Waals surface area contributed by atoms with Crippen molar-refractivity contribution in [2.45, 2.75) is 39.5 Å². The molecule has 0 rings (SSSR count). The van der Waals surface area contributed by atoms with Crippen molar-refractivity contribution >= 4 is 0 Å². The van der Waals surface area contributed by atoms with Crippen molar-refractivity contribution in [3.8, 4) is 0 Å². The molecule has 0 aliphatic rings. The maximum atomic E-state index is 5.57. The number of nitrogens with two attached hydrogens (primary N) is 1. The van der Waals surface area contributed by atoms with Gasteiger partial charge in [0.05, 0.1) is 0 Å². The van der Waals surface area contributed by atoms with Gasteiger partial charge in [-0.15, -0.1) is 0 Å². The van der Waals surface area contributed by atoms with E-state index in [1.807, 2.05) is 0 Å². The van der Waals surface area contributed by atoms with Crippen LogP contribution in [0.2, 0.25) is 0 Å². The van der Waals surface area contributed by atoms with Gasteiger partial charge < -0.3 is 15.5 Å². The molecular formula is C14H33N3. The first-order chi connectivity index (χ1) is 8.10. The summed E-state index contributed by atoms with van der Waals surface area (Å²) in [4.78, 5) is 4.86. The number of hydrogen-bond donors (Lipinski definition) is 1. The second-order valence-electron chi connectivity index (χ2n) is 5.47. The fourth-order valence-electron chi connectivity index (χ4n) is 2.09. The van der Waals surface area contributed by atoms with Gasteiger partial charge in [0.25, 0.3) is 0 Å². The van der Waals surface area contributed by atoms with Gasteiger partial charge in [-0.1, -0.05) is 13.8 Å². The lowest BCUT2D eigenvalue weighted by Gasteiger charge is -2.24. The maximum absolute atomic E-state index is 5.57. The fraction of sp³-hybridized carbons (Fsp3) is 1.00. The molecule has 0 fully saturated rings. The Labute approximate surface area is 108 Å². The zero-order chi connectivity index (χ0) is 13.1. The summed E-state index contributed by atoms with van der Waals surface area (Å²) in [5.41, 5.74) is 5.57. The van der Waals surface area contributed by atoms with Gasteiger partial charge in [0.15, 0.2) is 0 Å². The van der Waals surface area contributed by atoms with Gasteiger partial charge >= 0.3 is 0 Å². The van der Waals surface area contributed by atoms with Crippen molar-refractivity contribution in [2.24, 2.45) is 11.7 Å². The summed E-state index contributed by atoms with van der Waals surface area (Å²) in [6.07, 6.45) is 5.06. The van der Waals surface area contributed by atoms with E-state index in [4.69, 9.17) is 5.73 Å². The molecule has 0 aromatic rings. The Kier molecular flexibility index (Phi) is 10.9. The van der Waals surface area contributed by atoms with Gasteiger partial charge in [-0.05, 0) is 65.3 Å². The van der Waals surface area contributed by atoms with Gasteiger partial charge in [-0.25, -0.2) is 0 Å². The Bertz CT molecular complexity index is 160. The van der Waals surface area contributed by atoms with Crippen molar-refractivity contribution < 1.29 is 0 Å². The molecule has 104 valence electrons. The van der Waals surface area contributed by atoms with E-state index in [1.54, 1.807) is 0 Å². The summed E-state index contributed by atoms with van der Waals surface area (Å²) in [7, 11) is 4.29. The molecule has 2 N–H and O–H groups in total. The molecular weight excluding hydrogens is 210 g/mol. The van der Waals surface area contributed by atoms with Crippen LogP contribution in [-0.2, 0) is 0 Å². The highest BCUT2D eigenvalue weighted by molar-refractivity contribution is 4.61. The summed E-state index contributed by atoms with van der Waals surface area (Å²) in [5, 5.41) is 0. The number of hydrogen-bond acceptors (Lipinski definition) is 3. The third kappa shape index (κ3) is 10.7. The van der Waals surface area contributed by atoms with Crippen molar-refractivity contribution in [1.82, 2.24) is 9.80 Å². The van der Waals surface area contributed by atoms with E-state index in [2.05, 4.69) is 37.7 Å². The normalized spacial score (nSPS) is 13.6. The molecule has 0 amide bonds. The second kappa shape index (κ2) is 11.0. The van der Waals surface area contributed by atoms with E-state index in [-0.39, 0.29) is 0 Å². The largest absolute Gasteiger partial charge is 0.330 e. The average Bonchev–Trinajstić information content (AvgIpc) is 2.26. The lowest BCUT2D eigenvalue weighted by molar-refractivity contribution is 0.232. The Morgan fingerprint density at radius 2 is 1.71 bits per heavy atom. The standard InChI is InChI=1S/C14H33N3/c1-5-10-17(13-12-16(3)4)11-6-7-14(2)8-9-15/h14H,5-13,15H2,1-4H3. The minimum Gasteiger partial charge on any atom is -0.330 e. The lowest BCUT2D eigenvalue weighted by atomic mass is 10.0. The van der Waals surface area contributed by atoms with Crippen LogP contribution in [0.5, 0.6) is 0 Å². The van der Waals surface area contributed by atoms with Crippen LogP contribution in [0.15, 0.2) is 0 Å². The summed E-state index contributed by atoms with van der Waals surface area (Å²) in [6, 6.07) is 0. The Morgan fingerprint density at radius 1 is 1.00 bits per heavy atom. The molecule has 0 radical (unpaired) electrons. The van der Waals surface area contributed by atoms with E-state index >= 15 is 0 Å². The molecule has 0 saturated carbocycles. The highest BCUT2D eigenvalue weighted by atomic mass is 15.2. The molecule has 0 spiro atoms. The van der Waals surface area contributed by atoms with Crippen LogP contribution in [0.3, 0.4) is 0 Å². The molecule has 17 heavy (non-hydrogen) atoms. The molecule has 3 heteroatoms. The molecule has 0 aromatic carbocycles. The minimum atomic E-state index is 0.789. The van der Waals surface area contributed by atoms with E-state index in [9.17, 15) is 0 Å². The minimum absolute atomic E-state index is 0.789. The zero-order valence-corrected chi connectivity index (χ0v) is 12.4. The molecule has 1 unspecified atom stereocenters. The van der Waals surface area contributed by atoms with Crippen molar-refractivity contribution in [3.05, 3.63) is 0 Å². The predicted octanol–water partition coefficient (Wildman–Crippen LogP) is 2.03. The molecule has 0 aliphatic heterocycles. The fourth-order valence-corrected chi connectivity index (χ4v) is 2.09. The third-order valence-corrected chi connectivity index (χ3v) is 3.23. The molecule has 0 saturated heterocycles. The summed E-state index contributed by atoms with van der Waals surface area (Å²) < 4.78 is 0. The van der Waals surface area contributed by atoms with Crippen molar-refractivity contribution in [2.75, 3.05) is 46.8 Å². The molecule has 0 bridgehead atoms. The van der Waals surface area contributed by atoms with E-state index in [1.165, 1.54) is 51.9 Å². The lowest BCUT2D eigenvalue weighted by Crippen LogP contribution is -2.33. The van der Waals surface area contributed by atoms with Crippen molar-refractivity contribution in [1.29, 1.82) is 0 Å². The van der Waals surface area contributed by atoms with Gasteiger partial charge in [0.1, 0.15) is 0 Å². The number of rotatable bonds is 11. The Hall–Kier alpha value is -0.120. The van der Waals surface area contributed by atoms with Crippen LogP contribution in [0, 0.1) is 5.92 Å². The Balaban J connectivity index is 3.68. The number of nitrogens with zero attached hydrogens (tertiary/aromatic N) is 2. The first-order valence-electron chi connectivity index (χ1n) is 7.17. The van der Waals surface area contributed by atoms with Crippen LogP contribution in [0.25, 0.3) is 0 Å². The van der Waals surface area contributed by atoms with Gasteiger partial charge in [-0.3, -0.25) is 0 Å². The third-order valence-electron chi connectivity index (χ3n) is 3.23. The van der Waals surface area contributed by atoms with E-state index in [0.29, 0.717) is 0 Å². The van der Waals surface area contributed by atoms with Crippen LogP contribution in [0.1, 0.15) is 39.5 Å². The topological polar surface area (TPSA) is 32.5 Å². The smallest absolute Gasteiger partial charge is 0.0109 e. The van der Waals surface area contributed by atoms with Crippen LogP contribution in [0.4, 0.5) is 0 Å². The summed E-state index contributed by atoms with van der Waals surface area (Å²) >= 11 is 0. The average molecular weight is 243 g/mol. The molecule has 3 nitrogen and oxygen atoms in total. The molecule has 0 aliphatic carbocycles. The monoisotopic (exact) mass is 243 g/mol. The highest BCUT2D eigenvalue weighted by Gasteiger charge is 2.06. The van der Waals surface area contributed by atoms with Crippen molar-refractivity contribution in [3.63, 3.8) is 0 Å². The first kappa shape index (κ1) is 16.9. The summed E-state index contributed by atoms with van der Waals surface area (Å²) in [5.74, 6) is 0.789. The molecule has 1 atom stereocenters. The predicted molar refractivity (Wildman–Crippen MR) is 77.4 cm³/mol. The maximum Gasteiger partial charge on any atom is 0.0109 e. The molecule has 0 heterocycles. The Morgan fingerprint density at radius 3 is 2.24 bits per heavy atom.